The van der Waals surface area contributed by atoms with E-state index >= 15 is 0 Å². The molecule has 154 valence electrons. The van der Waals surface area contributed by atoms with Gasteiger partial charge in [-0.05, 0) is 61.2 Å². The van der Waals surface area contributed by atoms with E-state index in [4.69, 9.17) is 9.47 Å². The molecule has 0 spiro atoms. The average Bonchev–Trinajstić information content (AvgIpc) is 2.77. The Labute approximate surface area is 169 Å². The zero-order valence-electron chi connectivity index (χ0n) is 16.6. The van der Waals surface area contributed by atoms with Crippen molar-refractivity contribution in [3.63, 3.8) is 0 Å². The van der Waals surface area contributed by atoms with Gasteiger partial charge in [0.25, 0.3) is 11.8 Å². The summed E-state index contributed by atoms with van der Waals surface area (Å²) in [6.45, 7) is 1.78. The minimum atomic E-state index is -0.356. The standard InChI is InChI=1S/C22H25FN2O4/c1-28-19-8-5-17(13-20(19)29-2)21(26)24-14-15-9-11-25(12-10-15)22(27)16-3-6-18(23)7-4-16/h3-8,13,15H,9-12,14H2,1-2H3,(H,24,26). The summed E-state index contributed by atoms with van der Waals surface area (Å²) in [5.41, 5.74) is 0.998. The van der Waals surface area contributed by atoms with Crippen molar-refractivity contribution in [2.75, 3.05) is 33.9 Å². The molecular weight excluding hydrogens is 375 g/mol. The summed E-state index contributed by atoms with van der Waals surface area (Å²) in [5, 5.41) is 2.96. The number of ether oxygens (including phenoxy) is 2. The molecule has 2 aromatic rings. The summed E-state index contributed by atoms with van der Waals surface area (Å²) in [5.74, 6) is 0.769. The molecule has 1 N–H and O–H groups in total. The zero-order valence-corrected chi connectivity index (χ0v) is 16.6. The third-order valence-corrected chi connectivity index (χ3v) is 5.19. The van der Waals surface area contributed by atoms with E-state index in [9.17, 15) is 14.0 Å². The molecule has 1 aliphatic heterocycles. The van der Waals surface area contributed by atoms with Crippen molar-refractivity contribution in [1.82, 2.24) is 10.2 Å². The van der Waals surface area contributed by atoms with Crippen LogP contribution in [0.25, 0.3) is 0 Å². The van der Waals surface area contributed by atoms with Crippen LogP contribution in [0.5, 0.6) is 11.5 Å². The van der Waals surface area contributed by atoms with Crippen LogP contribution >= 0.6 is 0 Å². The number of halogens is 1. The molecule has 2 amide bonds. The monoisotopic (exact) mass is 400 g/mol. The number of carbonyl (C=O) groups excluding carboxylic acids is 2. The van der Waals surface area contributed by atoms with E-state index in [1.807, 2.05) is 0 Å². The highest BCUT2D eigenvalue weighted by molar-refractivity contribution is 5.95. The van der Waals surface area contributed by atoms with E-state index < -0.39 is 0 Å². The Kier molecular flexibility index (Phi) is 6.69. The van der Waals surface area contributed by atoms with Crippen molar-refractivity contribution in [3.05, 3.63) is 59.4 Å². The Balaban J connectivity index is 1.49. The topological polar surface area (TPSA) is 67.9 Å². The number of rotatable bonds is 6. The van der Waals surface area contributed by atoms with Crippen molar-refractivity contribution in [2.45, 2.75) is 12.8 Å². The van der Waals surface area contributed by atoms with Gasteiger partial charge in [-0.3, -0.25) is 9.59 Å². The molecule has 3 rings (SSSR count). The molecule has 1 aliphatic rings. The predicted octanol–water partition coefficient (Wildman–Crippen LogP) is 3.13. The van der Waals surface area contributed by atoms with Gasteiger partial charge in [-0.1, -0.05) is 0 Å². The number of benzene rings is 2. The van der Waals surface area contributed by atoms with Gasteiger partial charge in [0.05, 0.1) is 14.2 Å². The van der Waals surface area contributed by atoms with Crippen molar-refractivity contribution >= 4 is 11.8 Å². The normalized spacial score (nSPS) is 14.4. The highest BCUT2D eigenvalue weighted by Gasteiger charge is 2.24. The van der Waals surface area contributed by atoms with Gasteiger partial charge in [0, 0.05) is 30.8 Å². The number of nitrogens with zero attached hydrogens (tertiary/aromatic N) is 1. The van der Waals surface area contributed by atoms with Crippen LogP contribution in [-0.4, -0.2) is 50.6 Å². The molecule has 0 atom stereocenters. The number of hydrogen-bond acceptors (Lipinski definition) is 4. The van der Waals surface area contributed by atoms with Crippen LogP contribution in [0.2, 0.25) is 0 Å². The molecule has 0 bridgehead atoms. The van der Waals surface area contributed by atoms with Gasteiger partial charge in [0.2, 0.25) is 0 Å². The molecular formula is C22H25FN2O4. The Morgan fingerprint density at radius 3 is 2.24 bits per heavy atom. The lowest BCUT2D eigenvalue weighted by Gasteiger charge is -2.32. The smallest absolute Gasteiger partial charge is 0.253 e. The molecule has 29 heavy (non-hydrogen) atoms. The van der Waals surface area contributed by atoms with E-state index in [0.29, 0.717) is 48.2 Å². The van der Waals surface area contributed by atoms with Gasteiger partial charge in [-0.2, -0.15) is 0 Å². The number of hydrogen-bond donors (Lipinski definition) is 1. The van der Waals surface area contributed by atoms with Gasteiger partial charge in [-0.15, -0.1) is 0 Å². The molecule has 0 aliphatic carbocycles. The first kappa shape index (κ1) is 20.6. The minimum absolute atomic E-state index is 0.0854. The van der Waals surface area contributed by atoms with Crippen molar-refractivity contribution in [2.24, 2.45) is 5.92 Å². The Hall–Kier alpha value is -3.09. The first-order valence-corrected chi connectivity index (χ1v) is 9.57. The molecule has 7 heteroatoms. The Bertz CT molecular complexity index is 862. The van der Waals surface area contributed by atoms with Crippen LogP contribution < -0.4 is 14.8 Å². The predicted molar refractivity (Wildman–Crippen MR) is 107 cm³/mol. The molecule has 0 radical (unpaired) electrons. The molecule has 6 nitrogen and oxygen atoms in total. The van der Waals surface area contributed by atoms with Gasteiger partial charge in [-0.25, -0.2) is 4.39 Å². The fourth-order valence-corrected chi connectivity index (χ4v) is 3.43. The number of likely N-dealkylation sites (tertiary alicyclic amines) is 1. The molecule has 1 saturated heterocycles. The Morgan fingerprint density at radius 2 is 1.62 bits per heavy atom. The highest BCUT2D eigenvalue weighted by atomic mass is 19.1. The summed E-state index contributed by atoms with van der Waals surface area (Å²) >= 11 is 0. The second-order valence-electron chi connectivity index (χ2n) is 7.02. The second kappa shape index (κ2) is 9.41. The van der Waals surface area contributed by atoms with Crippen LogP contribution in [0, 0.1) is 11.7 Å². The van der Waals surface area contributed by atoms with Gasteiger partial charge in [0.15, 0.2) is 11.5 Å². The first-order valence-electron chi connectivity index (χ1n) is 9.57. The molecule has 1 heterocycles. The maximum atomic E-state index is 13.0. The number of methoxy groups -OCH3 is 2. The maximum Gasteiger partial charge on any atom is 0.253 e. The second-order valence-corrected chi connectivity index (χ2v) is 7.02. The van der Waals surface area contributed by atoms with Crippen LogP contribution in [-0.2, 0) is 0 Å². The summed E-state index contributed by atoms with van der Waals surface area (Å²) < 4.78 is 23.4. The highest BCUT2D eigenvalue weighted by Crippen LogP contribution is 2.27. The lowest BCUT2D eigenvalue weighted by atomic mass is 9.96. The average molecular weight is 400 g/mol. The summed E-state index contributed by atoms with van der Waals surface area (Å²) in [6.07, 6.45) is 1.61. The van der Waals surface area contributed by atoms with Crippen LogP contribution in [0.15, 0.2) is 42.5 Å². The van der Waals surface area contributed by atoms with Crippen LogP contribution in [0.1, 0.15) is 33.6 Å². The first-order chi connectivity index (χ1) is 14.0. The SMILES string of the molecule is COc1ccc(C(=O)NCC2CCN(C(=O)c3ccc(F)cc3)CC2)cc1OC. The number of carbonyl (C=O) groups is 2. The number of amides is 2. The minimum Gasteiger partial charge on any atom is -0.493 e. The molecule has 2 aromatic carbocycles. The summed E-state index contributed by atoms with van der Waals surface area (Å²) in [6, 6.07) is 10.7. The van der Waals surface area contributed by atoms with E-state index in [0.717, 1.165) is 12.8 Å². The van der Waals surface area contributed by atoms with Gasteiger partial charge in [0.1, 0.15) is 5.82 Å². The van der Waals surface area contributed by atoms with E-state index in [1.165, 1.54) is 31.4 Å². The third-order valence-electron chi connectivity index (χ3n) is 5.19. The van der Waals surface area contributed by atoms with Gasteiger partial charge >= 0.3 is 0 Å². The zero-order chi connectivity index (χ0) is 20.8. The van der Waals surface area contributed by atoms with Gasteiger partial charge < -0.3 is 19.7 Å². The van der Waals surface area contributed by atoms with Crippen LogP contribution in [0.3, 0.4) is 0 Å². The fraction of sp³-hybridized carbons (Fsp3) is 0.364. The number of piperidine rings is 1. The lowest BCUT2D eigenvalue weighted by Crippen LogP contribution is -2.41. The maximum absolute atomic E-state index is 13.0. The summed E-state index contributed by atoms with van der Waals surface area (Å²) in [4.78, 5) is 26.7. The largest absolute Gasteiger partial charge is 0.493 e. The fourth-order valence-electron chi connectivity index (χ4n) is 3.43. The lowest BCUT2D eigenvalue weighted by molar-refractivity contribution is 0.0684. The summed E-state index contributed by atoms with van der Waals surface area (Å²) in [7, 11) is 3.07. The molecule has 0 aromatic heterocycles. The number of nitrogens with one attached hydrogen (secondary N) is 1. The van der Waals surface area contributed by atoms with Crippen molar-refractivity contribution in [1.29, 1.82) is 0 Å². The Morgan fingerprint density at radius 1 is 1.00 bits per heavy atom. The van der Waals surface area contributed by atoms with E-state index in [2.05, 4.69) is 5.32 Å². The van der Waals surface area contributed by atoms with Crippen molar-refractivity contribution < 1.29 is 23.5 Å². The van der Waals surface area contributed by atoms with E-state index in [-0.39, 0.29) is 17.6 Å². The molecule has 1 fully saturated rings. The van der Waals surface area contributed by atoms with Crippen molar-refractivity contribution in [3.8, 4) is 11.5 Å². The molecule has 0 unspecified atom stereocenters. The quantitative estimate of drug-likeness (QED) is 0.809. The molecule has 0 saturated carbocycles. The van der Waals surface area contributed by atoms with Crippen LogP contribution in [0.4, 0.5) is 4.39 Å². The van der Waals surface area contributed by atoms with E-state index in [1.54, 1.807) is 30.2 Å². The third kappa shape index (κ3) is 5.04.